The predicted molar refractivity (Wildman–Crippen MR) is 160 cm³/mol. The standard InChI is InChI=1S/C21H32O9.C10H14O4/c1-7-19(22)28-15(4)10-25-13-18(27-12-17(6)30-21(24)9-3)14-26-11-16(5)29-20(23)8-2;1-3-9(11)13-7-5-6-8-14-10(12)4-2/h7-9,15-18H,1-3,10-14H2,4-6H3;3-4H,1-2,5-8H2. The summed E-state index contributed by atoms with van der Waals surface area (Å²) < 4.78 is 41.3. The smallest absolute Gasteiger partial charge is 0.330 e. The summed E-state index contributed by atoms with van der Waals surface area (Å²) in [6.07, 6.45) is 4.80. The molecule has 0 fully saturated rings. The Hall–Kier alpha value is -4.07. The highest BCUT2D eigenvalue weighted by Crippen LogP contribution is 2.04. The van der Waals surface area contributed by atoms with Crippen molar-refractivity contribution in [1.29, 1.82) is 0 Å². The Bertz CT molecular complexity index is 870. The van der Waals surface area contributed by atoms with Crippen LogP contribution in [-0.2, 0) is 61.9 Å². The summed E-state index contributed by atoms with van der Waals surface area (Å²) in [4.78, 5) is 54.7. The summed E-state index contributed by atoms with van der Waals surface area (Å²) in [5, 5.41) is 0. The van der Waals surface area contributed by atoms with Crippen LogP contribution in [-0.4, -0.2) is 101 Å². The largest absolute Gasteiger partial charge is 0.463 e. The van der Waals surface area contributed by atoms with E-state index in [0.717, 1.165) is 30.4 Å². The Kier molecular flexibility index (Phi) is 26.5. The number of carbonyl (C=O) groups is 5. The lowest BCUT2D eigenvalue weighted by molar-refractivity contribution is -0.153. The van der Waals surface area contributed by atoms with Gasteiger partial charge in [-0.25, -0.2) is 24.0 Å². The summed E-state index contributed by atoms with van der Waals surface area (Å²) in [7, 11) is 0. The van der Waals surface area contributed by atoms with Gasteiger partial charge in [0.25, 0.3) is 0 Å². The average Bonchev–Trinajstić information content (AvgIpc) is 3.00. The zero-order valence-corrected chi connectivity index (χ0v) is 25.9. The Morgan fingerprint density at radius 3 is 1.14 bits per heavy atom. The van der Waals surface area contributed by atoms with E-state index in [1.54, 1.807) is 20.8 Å². The van der Waals surface area contributed by atoms with Crippen LogP contribution >= 0.6 is 0 Å². The third-order valence-corrected chi connectivity index (χ3v) is 4.69. The molecule has 13 nitrogen and oxygen atoms in total. The SMILES string of the molecule is C=CC(=O)OC(C)COCC(COCC(C)OC(=O)C=C)OCC(C)OC(=O)C=C.C=CC(=O)OCCCCOC(=O)C=C. The van der Waals surface area contributed by atoms with E-state index in [0.29, 0.717) is 26.1 Å². The number of ether oxygens (including phenoxy) is 8. The van der Waals surface area contributed by atoms with Crippen molar-refractivity contribution in [1.82, 2.24) is 0 Å². The van der Waals surface area contributed by atoms with Gasteiger partial charge < -0.3 is 37.9 Å². The fourth-order valence-electron chi connectivity index (χ4n) is 2.66. The van der Waals surface area contributed by atoms with Crippen molar-refractivity contribution < 1.29 is 61.9 Å². The van der Waals surface area contributed by atoms with Crippen molar-refractivity contribution in [3.63, 3.8) is 0 Å². The van der Waals surface area contributed by atoms with Crippen molar-refractivity contribution in [2.45, 2.75) is 58.0 Å². The first-order valence-electron chi connectivity index (χ1n) is 13.8. The van der Waals surface area contributed by atoms with Crippen molar-refractivity contribution in [2.24, 2.45) is 0 Å². The zero-order chi connectivity index (χ0) is 33.8. The van der Waals surface area contributed by atoms with E-state index in [1.807, 2.05) is 0 Å². The summed E-state index contributed by atoms with van der Waals surface area (Å²) in [6.45, 7) is 22.9. The highest BCUT2D eigenvalue weighted by molar-refractivity contribution is 5.82. The number of rotatable bonds is 24. The Balaban J connectivity index is 0. The van der Waals surface area contributed by atoms with Gasteiger partial charge in [0.1, 0.15) is 24.4 Å². The molecule has 3 unspecified atom stereocenters. The second-order valence-corrected chi connectivity index (χ2v) is 8.84. The zero-order valence-electron chi connectivity index (χ0n) is 25.9. The molecule has 0 amide bonds. The van der Waals surface area contributed by atoms with Gasteiger partial charge in [0.15, 0.2) is 0 Å². The first-order valence-corrected chi connectivity index (χ1v) is 13.8. The first kappa shape index (κ1) is 42.1. The van der Waals surface area contributed by atoms with E-state index in [1.165, 1.54) is 0 Å². The highest BCUT2D eigenvalue weighted by atomic mass is 16.6. The number of hydrogen-bond acceptors (Lipinski definition) is 13. The molecule has 44 heavy (non-hydrogen) atoms. The lowest BCUT2D eigenvalue weighted by Crippen LogP contribution is -2.33. The van der Waals surface area contributed by atoms with Crippen LogP contribution < -0.4 is 0 Å². The molecule has 3 atom stereocenters. The molecule has 248 valence electrons. The third kappa shape index (κ3) is 26.8. The molecule has 0 saturated heterocycles. The van der Waals surface area contributed by atoms with Crippen LogP contribution in [0, 0.1) is 0 Å². The fraction of sp³-hybridized carbons (Fsp3) is 0.516. The lowest BCUT2D eigenvalue weighted by Gasteiger charge is -2.22. The van der Waals surface area contributed by atoms with Crippen LogP contribution in [0.25, 0.3) is 0 Å². The maximum Gasteiger partial charge on any atom is 0.330 e. The highest BCUT2D eigenvalue weighted by Gasteiger charge is 2.17. The summed E-state index contributed by atoms with van der Waals surface area (Å²) in [6, 6.07) is 0. The molecule has 0 rings (SSSR count). The van der Waals surface area contributed by atoms with Crippen LogP contribution in [0.3, 0.4) is 0 Å². The van der Waals surface area contributed by atoms with Crippen LogP contribution in [0.15, 0.2) is 63.3 Å². The number of hydrogen-bond donors (Lipinski definition) is 0. The minimum absolute atomic E-state index is 0.110. The van der Waals surface area contributed by atoms with Crippen molar-refractivity contribution in [3.05, 3.63) is 63.3 Å². The molecule has 0 aromatic heterocycles. The third-order valence-electron chi connectivity index (χ3n) is 4.69. The Labute approximate surface area is 259 Å². The minimum atomic E-state index is -0.550. The molecular formula is C31H46O13. The number of carbonyl (C=O) groups excluding carboxylic acids is 5. The molecule has 13 heteroatoms. The fourth-order valence-corrected chi connectivity index (χ4v) is 2.66. The number of unbranched alkanes of at least 4 members (excludes halogenated alkanes) is 1. The molecule has 0 aromatic rings. The van der Waals surface area contributed by atoms with E-state index < -0.39 is 54.3 Å². The quantitative estimate of drug-likeness (QED) is 0.0667. The van der Waals surface area contributed by atoms with Crippen LogP contribution in [0.2, 0.25) is 0 Å². The van der Waals surface area contributed by atoms with Crippen LogP contribution in [0.4, 0.5) is 0 Å². The van der Waals surface area contributed by atoms with Gasteiger partial charge in [-0.15, -0.1) is 0 Å². The molecule has 0 spiro atoms. The van der Waals surface area contributed by atoms with E-state index in [9.17, 15) is 24.0 Å². The molecule has 0 saturated carbocycles. The number of esters is 5. The van der Waals surface area contributed by atoms with E-state index >= 15 is 0 Å². The molecule has 0 aliphatic rings. The molecule has 0 aliphatic heterocycles. The molecule has 0 aromatic carbocycles. The normalized spacial score (nSPS) is 12.7. The first-order chi connectivity index (χ1) is 20.9. The van der Waals surface area contributed by atoms with Gasteiger partial charge >= 0.3 is 29.8 Å². The van der Waals surface area contributed by atoms with E-state index in [2.05, 4.69) is 32.9 Å². The van der Waals surface area contributed by atoms with Crippen molar-refractivity contribution in [2.75, 3.05) is 46.2 Å². The second-order valence-electron chi connectivity index (χ2n) is 8.84. The Morgan fingerprint density at radius 2 is 0.818 bits per heavy atom. The monoisotopic (exact) mass is 626 g/mol. The average molecular weight is 627 g/mol. The van der Waals surface area contributed by atoms with Crippen LogP contribution in [0.1, 0.15) is 33.6 Å². The van der Waals surface area contributed by atoms with Crippen molar-refractivity contribution >= 4 is 29.8 Å². The summed E-state index contributed by atoms with van der Waals surface area (Å²) in [5.74, 6) is -2.50. The van der Waals surface area contributed by atoms with E-state index in [4.69, 9.17) is 37.9 Å². The summed E-state index contributed by atoms with van der Waals surface area (Å²) >= 11 is 0. The molecule has 0 bridgehead atoms. The van der Waals surface area contributed by atoms with Gasteiger partial charge in [0.2, 0.25) is 0 Å². The summed E-state index contributed by atoms with van der Waals surface area (Å²) in [5.41, 5.74) is 0. The molecular weight excluding hydrogens is 580 g/mol. The maximum atomic E-state index is 11.2. The van der Waals surface area contributed by atoms with Crippen molar-refractivity contribution in [3.8, 4) is 0 Å². The van der Waals surface area contributed by atoms with E-state index in [-0.39, 0.29) is 33.0 Å². The molecule has 0 N–H and O–H groups in total. The predicted octanol–water partition coefficient (Wildman–Crippen LogP) is 2.98. The van der Waals surface area contributed by atoms with Gasteiger partial charge in [-0.3, -0.25) is 0 Å². The van der Waals surface area contributed by atoms with Crippen LogP contribution in [0.5, 0.6) is 0 Å². The topological polar surface area (TPSA) is 159 Å². The molecule has 0 heterocycles. The molecule has 0 aliphatic carbocycles. The van der Waals surface area contributed by atoms with Gasteiger partial charge in [0.05, 0.1) is 46.2 Å². The van der Waals surface area contributed by atoms with Gasteiger partial charge in [-0.1, -0.05) is 32.9 Å². The van der Waals surface area contributed by atoms with Gasteiger partial charge in [-0.2, -0.15) is 0 Å². The maximum absolute atomic E-state index is 11.2. The minimum Gasteiger partial charge on any atom is -0.463 e. The lowest BCUT2D eigenvalue weighted by atomic mass is 10.3. The molecule has 0 radical (unpaired) electrons. The van der Waals surface area contributed by atoms with Gasteiger partial charge in [0, 0.05) is 30.4 Å². The second kappa shape index (κ2) is 27.7. The van der Waals surface area contributed by atoms with Gasteiger partial charge in [-0.05, 0) is 33.6 Å². The Morgan fingerprint density at radius 1 is 0.500 bits per heavy atom.